The molecule has 1 aromatic rings. The third-order valence-electron chi connectivity index (χ3n) is 2.11. The number of rotatable bonds is 5. The maximum atomic E-state index is 11.5. The number of carbonyl (C=O) groups is 2. The number of nitrogens with one attached hydrogen (secondary N) is 2. The second-order valence-corrected chi connectivity index (χ2v) is 3.47. The molecule has 0 bridgehead atoms. The van der Waals surface area contributed by atoms with Gasteiger partial charge in [-0.05, 0) is 6.92 Å². The number of carbonyl (C=O) groups excluding carboxylic acids is 1. The number of aromatic nitrogens is 2. The summed E-state index contributed by atoms with van der Waals surface area (Å²) >= 11 is 0. The van der Waals surface area contributed by atoms with Gasteiger partial charge in [-0.25, -0.2) is 0 Å². The Morgan fingerprint density at radius 2 is 2.38 bits per heavy atom. The van der Waals surface area contributed by atoms with Gasteiger partial charge in [0.15, 0.2) is 0 Å². The summed E-state index contributed by atoms with van der Waals surface area (Å²) in [6, 6.07) is -1.29. The molecule has 88 valence electrons. The Bertz CT molecular complexity index is 363. The van der Waals surface area contributed by atoms with Crippen LogP contribution in [0.4, 0.5) is 0 Å². The molecule has 2 atom stereocenters. The Morgan fingerprint density at radius 1 is 1.69 bits per heavy atom. The normalized spacial score (nSPS) is 14.1. The third kappa shape index (κ3) is 3.35. The number of H-pyrrole nitrogens is 1. The summed E-state index contributed by atoms with van der Waals surface area (Å²) in [7, 11) is 0. The van der Waals surface area contributed by atoms with Crippen LogP contribution in [0, 0.1) is 0 Å². The summed E-state index contributed by atoms with van der Waals surface area (Å²) in [5.74, 6) is -1.59. The standard InChI is InChI=1S/C9H14N4O3/c1-5(6-3-11-12-4-6)13-9(16)7(10)2-8(14)15/h3-5,7H,2,10H2,1H3,(H,11,12)(H,13,16)(H,14,15). The molecule has 16 heavy (non-hydrogen) atoms. The van der Waals surface area contributed by atoms with Crippen LogP contribution in [0.2, 0.25) is 0 Å². The van der Waals surface area contributed by atoms with E-state index in [1.807, 2.05) is 0 Å². The van der Waals surface area contributed by atoms with Gasteiger partial charge < -0.3 is 16.2 Å². The molecule has 0 aliphatic heterocycles. The minimum atomic E-state index is -1.10. The summed E-state index contributed by atoms with van der Waals surface area (Å²) in [4.78, 5) is 21.8. The van der Waals surface area contributed by atoms with Gasteiger partial charge in [-0.2, -0.15) is 5.10 Å². The molecule has 0 spiro atoms. The fraction of sp³-hybridized carbons (Fsp3) is 0.444. The molecule has 1 aromatic heterocycles. The molecule has 1 heterocycles. The van der Waals surface area contributed by atoms with Crippen molar-refractivity contribution in [3.05, 3.63) is 18.0 Å². The predicted octanol–water partition coefficient (Wildman–Crippen LogP) is -0.611. The lowest BCUT2D eigenvalue weighted by Gasteiger charge is -2.15. The van der Waals surface area contributed by atoms with Crippen LogP contribution in [0.5, 0.6) is 0 Å². The second-order valence-electron chi connectivity index (χ2n) is 3.47. The van der Waals surface area contributed by atoms with Gasteiger partial charge in [-0.3, -0.25) is 14.7 Å². The average molecular weight is 226 g/mol. The number of carboxylic acid groups (broad SMARTS) is 1. The lowest BCUT2D eigenvalue weighted by atomic mass is 10.1. The monoisotopic (exact) mass is 226 g/mol. The number of hydrogen-bond acceptors (Lipinski definition) is 4. The number of aliphatic carboxylic acids is 1. The molecule has 1 rings (SSSR count). The summed E-state index contributed by atoms with van der Waals surface area (Å²) in [5.41, 5.74) is 6.21. The first kappa shape index (κ1) is 12.2. The van der Waals surface area contributed by atoms with Gasteiger partial charge in [0.2, 0.25) is 5.91 Å². The van der Waals surface area contributed by atoms with Crippen molar-refractivity contribution in [3.63, 3.8) is 0 Å². The summed E-state index contributed by atoms with van der Waals surface area (Å²) < 4.78 is 0. The van der Waals surface area contributed by atoms with E-state index in [2.05, 4.69) is 15.5 Å². The zero-order valence-electron chi connectivity index (χ0n) is 8.80. The van der Waals surface area contributed by atoms with Crippen LogP contribution >= 0.6 is 0 Å². The van der Waals surface area contributed by atoms with Crippen LogP contribution in [0.3, 0.4) is 0 Å². The molecule has 0 aliphatic carbocycles. The van der Waals surface area contributed by atoms with Crippen molar-refractivity contribution in [1.29, 1.82) is 0 Å². The highest BCUT2D eigenvalue weighted by molar-refractivity contribution is 5.86. The molecule has 0 aromatic carbocycles. The van der Waals surface area contributed by atoms with E-state index in [-0.39, 0.29) is 12.5 Å². The summed E-state index contributed by atoms with van der Waals surface area (Å²) in [6.07, 6.45) is 2.84. The van der Waals surface area contributed by atoms with Gasteiger partial charge in [0.1, 0.15) is 0 Å². The fourth-order valence-corrected chi connectivity index (χ4v) is 1.18. The SMILES string of the molecule is CC(NC(=O)C(N)CC(=O)O)c1cn[nH]c1. The van der Waals surface area contributed by atoms with Crippen LogP contribution in [0.1, 0.15) is 24.9 Å². The molecule has 0 radical (unpaired) electrons. The molecular formula is C9H14N4O3. The van der Waals surface area contributed by atoms with Gasteiger partial charge in [0.25, 0.3) is 0 Å². The van der Waals surface area contributed by atoms with Crippen LogP contribution in [0.25, 0.3) is 0 Å². The predicted molar refractivity (Wildman–Crippen MR) is 55.4 cm³/mol. The zero-order chi connectivity index (χ0) is 12.1. The number of hydrogen-bond donors (Lipinski definition) is 4. The van der Waals surface area contributed by atoms with E-state index in [0.717, 1.165) is 5.56 Å². The first-order chi connectivity index (χ1) is 7.50. The molecule has 1 amide bonds. The Kier molecular flexibility index (Phi) is 4.01. The van der Waals surface area contributed by atoms with E-state index in [4.69, 9.17) is 10.8 Å². The molecule has 7 nitrogen and oxygen atoms in total. The van der Waals surface area contributed by atoms with Crippen LogP contribution in [-0.2, 0) is 9.59 Å². The number of aromatic amines is 1. The maximum Gasteiger partial charge on any atom is 0.305 e. The average Bonchev–Trinajstić information content (AvgIpc) is 2.68. The topological polar surface area (TPSA) is 121 Å². The number of nitrogens with two attached hydrogens (primary N) is 1. The van der Waals surface area contributed by atoms with Crippen molar-refractivity contribution >= 4 is 11.9 Å². The minimum absolute atomic E-state index is 0.258. The molecule has 0 fully saturated rings. The first-order valence-corrected chi connectivity index (χ1v) is 4.77. The van der Waals surface area contributed by atoms with E-state index >= 15 is 0 Å². The van der Waals surface area contributed by atoms with Crippen molar-refractivity contribution in [2.45, 2.75) is 25.4 Å². The van der Waals surface area contributed by atoms with Crippen molar-refractivity contribution in [1.82, 2.24) is 15.5 Å². The number of amides is 1. The Labute approximate surface area is 92.0 Å². The smallest absolute Gasteiger partial charge is 0.305 e. The lowest BCUT2D eigenvalue weighted by molar-refractivity contribution is -0.139. The van der Waals surface area contributed by atoms with E-state index < -0.39 is 17.9 Å². The van der Waals surface area contributed by atoms with Crippen molar-refractivity contribution in [3.8, 4) is 0 Å². The Hall–Kier alpha value is -1.89. The molecule has 0 saturated carbocycles. The fourth-order valence-electron chi connectivity index (χ4n) is 1.18. The quantitative estimate of drug-likeness (QED) is 0.533. The highest BCUT2D eigenvalue weighted by Gasteiger charge is 2.19. The van der Waals surface area contributed by atoms with E-state index in [1.165, 1.54) is 0 Å². The van der Waals surface area contributed by atoms with Crippen LogP contribution < -0.4 is 11.1 Å². The van der Waals surface area contributed by atoms with Crippen molar-refractivity contribution in [2.24, 2.45) is 5.73 Å². The summed E-state index contributed by atoms with van der Waals surface area (Å²) in [5, 5.41) is 17.4. The lowest BCUT2D eigenvalue weighted by Crippen LogP contribution is -2.42. The molecule has 5 N–H and O–H groups in total. The number of carboxylic acids is 1. The van der Waals surface area contributed by atoms with Crippen LogP contribution in [-0.4, -0.2) is 33.2 Å². The van der Waals surface area contributed by atoms with E-state index in [9.17, 15) is 9.59 Å². The Morgan fingerprint density at radius 3 is 2.88 bits per heavy atom. The second kappa shape index (κ2) is 5.26. The van der Waals surface area contributed by atoms with Gasteiger partial charge in [0, 0.05) is 11.8 Å². The molecule has 7 heteroatoms. The van der Waals surface area contributed by atoms with Crippen molar-refractivity contribution < 1.29 is 14.7 Å². The molecule has 0 aliphatic rings. The van der Waals surface area contributed by atoms with Crippen molar-refractivity contribution in [2.75, 3.05) is 0 Å². The minimum Gasteiger partial charge on any atom is -0.481 e. The van der Waals surface area contributed by atoms with E-state index in [0.29, 0.717) is 0 Å². The molecule has 2 unspecified atom stereocenters. The van der Waals surface area contributed by atoms with Gasteiger partial charge in [-0.1, -0.05) is 0 Å². The van der Waals surface area contributed by atoms with E-state index in [1.54, 1.807) is 19.3 Å². The largest absolute Gasteiger partial charge is 0.481 e. The highest BCUT2D eigenvalue weighted by atomic mass is 16.4. The summed E-state index contributed by atoms with van der Waals surface area (Å²) in [6.45, 7) is 1.76. The Balaban J connectivity index is 2.48. The number of nitrogens with zero attached hydrogens (tertiary/aromatic N) is 1. The molecule has 0 saturated heterocycles. The first-order valence-electron chi connectivity index (χ1n) is 4.77. The van der Waals surface area contributed by atoms with Crippen LogP contribution in [0.15, 0.2) is 12.4 Å². The maximum absolute atomic E-state index is 11.5. The zero-order valence-corrected chi connectivity index (χ0v) is 8.80. The van der Waals surface area contributed by atoms with Gasteiger partial charge in [-0.15, -0.1) is 0 Å². The van der Waals surface area contributed by atoms with Gasteiger partial charge in [0.05, 0.1) is 24.7 Å². The third-order valence-corrected chi connectivity index (χ3v) is 2.11. The van der Waals surface area contributed by atoms with Gasteiger partial charge >= 0.3 is 5.97 Å². The highest BCUT2D eigenvalue weighted by Crippen LogP contribution is 2.09. The molecular weight excluding hydrogens is 212 g/mol.